The molecule has 3 N–H and O–H groups in total. The van der Waals surface area contributed by atoms with Crippen molar-refractivity contribution in [1.82, 2.24) is 21.1 Å². The smallest absolute Gasteiger partial charge is 0.409 e. The number of carbonyl (C=O) groups is 2. The van der Waals surface area contributed by atoms with Crippen LogP contribution in [0.3, 0.4) is 0 Å². The van der Waals surface area contributed by atoms with Crippen molar-refractivity contribution in [3.8, 4) is 0 Å². The lowest BCUT2D eigenvalue weighted by atomic mass is 9.93. The Morgan fingerprint density at radius 1 is 1.35 bits per heavy atom. The average Bonchev–Trinajstić information content (AvgIpc) is 3.12. The molecular formula is C18H25ClN4O3. The number of amides is 2. The fourth-order valence-corrected chi connectivity index (χ4v) is 3.69. The quantitative estimate of drug-likeness (QED) is 0.742. The van der Waals surface area contributed by atoms with Crippen molar-refractivity contribution in [3.05, 3.63) is 34.9 Å². The summed E-state index contributed by atoms with van der Waals surface area (Å²) in [6, 6.07) is 7.51. The third-order valence-electron chi connectivity index (χ3n) is 4.89. The zero-order chi connectivity index (χ0) is 18.5. The molecule has 1 aromatic carbocycles. The Morgan fingerprint density at radius 2 is 2.12 bits per heavy atom. The molecule has 2 atom stereocenters. The standard InChI is InChI=1S/C18H25ClN4O3/c1-2-26-18(25)23-8-6-14(7-9-23)21-17(24)15-11-20-22-16(15)12-4-3-5-13(19)10-12/h3-5,10,14-16,20,22H,2,6-9,11H2,1H3,(H,21,24). The van der Waals surface area contributed by atoms with Crippen molar-refractivity contribution in [3.63, 3.8) is 0 Å². The molecule has 2 heterocycles. The second kappa shape index (κ2) is 8.70. The second-order valence-corrected chi connectivity index (χ2v) is 7.07. The van der Waals surface area contributed by atoms with Gasteiger partial charge in [-0.3, -0.25) is 10.2 Å². The van der Waals surface area contributed by atoms with Crippen molar-refractivity contribution in [2.24, 2.45) is 5.92 Å². The molecule has 3 rings (SSSR count). The third-order valence-corrected chi connectivity index (χ3v) is 5.13. The number of nitrogens with one attached hydrogen (secondary N) is 3. The summed E-state index contributed by atoms with van der Waals surface area (Å²) in [6.45, 7) is 3.93. The van der Waals surface area contributed by atoms with Crippen LogP contribution in [-0.2, 0) is 9.53 Å². The number of piperidine rings is 1. The van der Waals surface area contributed by atoms with Gasteiger partial charge in [0, 0.05) is 30.7 Å². The van der Waals surface area contributed by atoms with E-state index in [1.165, 1.54) is 0 Å². The fourth-order valence-electron chi connectivity index (χ4n) is 3.49. The first-order chi connectivity index (χ1) is 12.6. The van der Waals surface area contributed by atoms with E-state index in [1.807, 2.05) is 24.3 Å². The van der Waals surface area contributed by atoms with Crippen LogP contribution in [0.2, 0.25) is 5.02 Å². The molecule has 2 saturated heterocycles. The lowest BCUT2D eigenvalue weighted by Gasteiger charge is -2.32. The van der Waals surface area contributed by atoms with Gasteiger partial charge in [-0.15, -0.1) is 0 Å². The van der Waals surface area contributed by atoms with Gasteiger partial charge in [-0.2, -0.15) is 0 Å². The van der Waals surface area contributed by atoms with E-state index >= 15 is 0 Å². The Kier molecular flexibility index (Phi) is 6.34. The van der Waals surface area contributed by atoms with Crippen molar-refractivity contribution in [1.29, 1.82) is 0 Å². The van der Waals surface area contributed by atoms with Gasteiger partial charge in [0.15, 0.2) is 0 Å². The number of hydrogen-bond donors (Lipinski definition) is 3. The Balaban J connectivity index is 1.54. The Hall–Kier alpha value is -1.83. The summed E-state index contributed by atoms with van der Waals surface area (Å²) < 4.78 is 5.02. The molecule has 8 heteroatoms. The summed E-state index contributed by atoms with van der Waals surface area (Å²) in [6.07, 6.45) is 1.20. The second-order valence-electron chi connectivity index (χ2n) is 6.63. The van der Waals surface area contributed by atoms with Gasteiger partial charge in [-0.05, 0) is 37.5 Å². The predicted octanol–water partition coefficient (Wildman–Crippen LogP) is 1.84. The third kappa shape index (κ3) is 4.47. The van der Waals surface area contributed by atoms with E-state index in [9.17, 15) is 9.59 Å². The minimum absolute atomic E-state index is 0.0158. The first-order valence-corrected chi connectivity index (χ1v) is 9.42. The Morgan fingerprint density at radius 3 is 2.81 bits per heavy atom. The van der Waals surface area contributed by atoms with Crippen LogP contribution in [-0.4, -0.2) is 49.2 Å². The summed E-state index contributed by atoms with van der Waals surface area (Å²) in [5.41, 5.74) is 7.22. The van der Waals surface area contributed by atoms with E-state index in [2.05, 4.69) is 16.2 Å². The Labute approximate surface area is 158 Å². The molecular weight excluding hydrogens is 356 g/mol. The highest BCUT2D eigenvalue weighted by Crippen LogP contribution is 2.27. The zero-order valence-corrected chi connectivity index (χ0v) is 15.6. The average molecular weight is 381 g/mol. The van der Waals surface area contributed by atoms with Gasteiger partial charge in [0.05, 0.1) is 18.6 Å². The van der Waals surface area contributed by atoms with Crippen LogP contribution in [0.15, 0.2) is 24.3 Å². The molecule has 0 radical (unpaired) electrons. The monoisotopic (exact) mass is 380 g/mol. The van der Waals surface area contributed by atoms with Crippen molar-refractivity contribution in [2.45, 2.75) is 31.8 Å². The molecule has 0 aliphatic carbocycles. The highest BCUT2D eigenvalue weighted by atomic mass is 35.5. The predicted molar refractivity (Wildman–Crippen MR) is 98.6 cm³/mol. The normalized spacial score (nSPS) is 23.7. The van der Waals surface area contributed by atoms with E-state index in [1.54, 1.807) is 11.8 Å². The highest BCUT2D eigenvalue weighted by Gasteiger charge is 2.35. The molecule has 0 bridgehead atoms. The van der Waals surface area contributed by atoms with Crippen LogP contribution in [0.25, 0.3) is 0 Å². The van der Waals surface area contributed by atoms with Crippen molar-refractivity contribution in [2.75, 3.05) is 26.2 Å². The number of benzene rings is 1. The number of ether oxygens (including phenoxy) is 1. The van der Waals surface area contributed by atoms with E-state index in [4.69, 9.17) is 16.3 Å². The van der Waals surface area contributed by atoms with Gasteiger partial charge >= 0.3 is 6.09 Å². The van der Waals surface area contributed by atoms with Crippen LogP contribution in [0.5, 0.6) is 0 Å². The number of hydrazine groups is 1. The maximum Gasteiger partial charge on any atom is 0.409 e. The van der Waals surface area contributed by atoms with Gasteiger partial charge < -0.3 is 15.0 Å². The maximum atomic E-state index is 12.8. The van der Waals surface area contributed by atoms with E-state index in [0.717, 1.165) is 18.4 Å². The van der Waals surface area contributed by atoms with Crippen molar-refractivity contribution < 1.29 is 14.3 Å². The first kappa shape index (κ1) is 18.9. The van der Waals surface area contributed by atoms with E-state index in [0.29, 0.717) is 31.3 Å². The van der Waals surface area contributed by atoms with Gasteiger partial charge in [0.1, 0.15) is 0 Å². The summed E-state index contributed by atoms with van der Waals surface area (Å²) >= 11 is 6.08. The molecule has 26 heavy (non-hydrogen) atoms. The topological polar surface area (TPSA) is 82.7 Å². The van der Waals surface area contributed by atoms with Gasteiger partial charge in [-0.25, -0.2) is 10.2 Å². The zero-order valence-electron chi connectivity index (χ0n) is 14.8. The van der Waals surface area contributed by atoms with Gasteiger partial charge in [0.2, 0.25) is 5.91 Å². The van der Waals surface area contributed by atoms with Crippen molar-refractivity contribution >= 4 is 23.6 Å². The molecule has 2 aliphatic heterocycles. The lowest BCUT2D eigenvalue weighted by molar-refractivity contribution is -0.125. The largest absolute Gasteiger partial charge is 0.450 e. The van der Waals surface area contributed by atoms with Crippen LogP contribution in [0.1, 0.15) is 31.4 Å². The molecule has 0 saturated carbocycles. The van der Waals surface area contributed by atoms with Gasteiger partial charge in [-0.1, -0.05) is 23.7 Å². The number of likely N-dealkylation sites (tertiary alicyclic amines) is 1. The fraction of sp³-hybridized carbons (Fsp3) is 0.556. The molecule has 2 fully saturated rings. The summed E-state index contributed by atoms with van der Waals surface area (Å²) in [7, 11) is 0. The molecule has 0 aromatic heterocycles. The number of nitrogens with zero attached hydrogens (tertiary/aromatic N) is 1. The lowest BCUT2D eigenvalue weighted by Crippen LogP contribution is -2.48. The SMILES string of the molecule is CCOC(=O)N1CCC(NC(=O)C2CNNC2c2cccc(Cl)c2)CC1. The number of rotatable bonds is 4. The molecule has 1 aromatic rings. The molecule has 7 nitrogen and oxygen atoms in total. The number of halogens is 1. The van der Waals surface area contributed by atoms with E-state index in [-0.39, 0.29) is 30.0 Å². The van der Waals surface area contributed by atoms with Crippen LogP contribution >= 0.6 is 11.6 Å². The summed E-state index contributed by atoms with van der Waals surface area (Å²) in [5.74, 6) is -0.196. The maximum absolute atomic E-state index is 12.8. The molecule has 142 valence electrons. The minimum Gasteiger partial charge on any atom is -0.450 e. The van der Waals surface area contributed by atoms with E-state index < -0.39 is 0 Å². The minimum atomic E-state index is -0.275. The van der Waals surface area contributed by atoms with Crippen LogP contribution < -0.4 is 16.2 Å². The number of carbonyl (C=O) groups excluding carboxylic acids is 2. The summed E-state index contributed by atoms with van der Waals surface area (Å²) in [5, 5.41) is 3.79. The van der Waals surface area contributed by atoms with Crippen LogP contribution in [0.4, 0.5) is 4.79 Å². The molecule has 2 aliphatic rings. The van der Waals surface area contributed by atoms with Gasteiger partial charge in [0.25, 0.3) is 0 Å². The Bertz CT molecular complexity index is 649. The summed E-state index contributed by atoms with van der Waals surface area (Å²) in [4.78, 5) is 26.2. The molecule has 0 spiro atoms. The first-order valence-electron chi connectivity index (χ1n) is 9.04. The molecule has 2 unspecified atom stereocenters. The molecule has 2 amide bonds. The number of hydrogen-bond acceptors (Lipinski definition) is 5. The highest BCUT2D eigenvalue weighted by molar-refractivity contribution is 6.30. The van der Waals surface area contributed by atoms with Crippen LogP contribution in [0, 0.1) is 5.92 Å².